The minimum Gasteiger partial charge on any atom is -0.457 e. The van der Waals surface area contributed by atoms with Gasteiger partial charge in [0.2, 0.25) is 0 Å². The van der Waals surface area contributed by atoms with E-state index in [0.717, 1.165) is 15.6 Å². The summed E-state index contributed by atoms with van der Waals surface area (Å²) in [4.78, 5) is 26.6. The molecular weight excluding hydrogens is 581 g/mol. The third-order valence-corrected chi connectivity index (χ3v) is 6.20. The molecule has 0 aliphatic rings. The molecule has 0 bridgehead atoms. The summed E-state index contributed by atoms with van der Waals surface area (Å²) in [5.74, 6) is 1.06. The van der Waals surface area contributed by atoms with Crippen LogP contribution in [-0.2, 0) is 17.8 Å². The van der Waals surface area contributed by atoms with E-state index in [9.17, 15) is 9.59 Å². The Hall–Kier alpha value is -2.94. The quantitative estimate of drug-likeness (QED) is 0.283. The van der Waals surface area contributed by atoms with E-state index in [2.05, 4.69) is 26.6 Å². The summed E-state index contributed by atoms with van der Waals surface area (Å²) in [5.41, 5.74) is 1.50. The van der Waals surface area contributed by atoms with Gasteiger partial charge in [-0.05, 0) is 56.7 Å². The maximum absolute atomic E-state index is 12.8. The van der Waals surface area contributed by atoms with Gasteiger partial charge in [0, 0.05) is 35.4 Å². The number of anilines is 1. The first-order valence-electron chi connectivity index (χ1n) is 11.4. The monoisotopic (exact) mass is 607 g/mol. The molecule has 3 amide bonds. The SMILES string of the molecule is CN(Cc1ccccc1NC(=O)NCc1ccc(Br)cc1Oc1ccc(Cl)c(Cl)c1)C(=O)OC(C)(C)C. The summed E-state index contributed by atoms with van der Waals surface area (Å²) >= 11 is 15.6. The van der Waals surface area contributed by atoms with Crippen LogP contribution in [-0.4, -0.2) is 29.7 Å². The number of ether oxygens (including phenoxy) is 2. The molecule has 3 rings (SSSR count). The van der Waals surface area contributed by atoms with Gasteiger partial charge in [-0.2, -0.15) is 0 Å². The summed E-state index contributed by atoms with van der Waals surface area (Å²) in [6.45, 7) is 5.90. The van der Waals surface area contributed by atoms with Gasteiger partial charge in [0.25, 0.3) is 0 Å². The number of nitrogens with zero attached hydrogens (tertiary/aromatic N) is 1. The number of hydrogen-bond donors (Lipinski definition) is 2. The number of urea groups is 1. The van der Waals surface area contributed by atoms with E-state index in [0.29, 0.717) is 27.2 Å². The van der Waals surface area contributed by atoms with Gasteiger partial charge in [-0.25, -0.2) is 9.59 Å². The highest BCUT2D eigenvalue weighted by Crippen LogP contribution is 2.32. The Morgan fingerprint density at radius 2 is 1.70 bits per heavy atom. The predicted octanol–water partition coefficient (Wildman–Crippen LogP) is 8.24. The molecule has 37 heavy (non-hydrogen) atoms. The molecule has 196 valence electrons. The van der Waals surface area contributed by atoms with E-state index in [1.54, 1.807) is 37.4 Å². The van der Waals surface area contributed by atoms with Crippen molar-refractivity contribution >= 4 is 56.9 Å². The zero-order valence-electron chi connectivity index (χ0n) is 20.9. The highest BCUT2D eigenvalue weighted by molar-refractivity contribution is 9.10. The molecule has 0 fully saturated rings. The smallest absolute Gasteiger partial charge is 0.410 e. The number of para-hydroxylation sites is 1. The number of carbonyl (C=O) groups excluding carboxylic acids is 2. The van der Waals surface area contributed by atoms with Crippen LogP contribution in [0.1, 0.15) is 31.9 Å². The van der Waals surface area contributed by atoms with E-state index in [1.807, 2.05) is 51.1 Å². The lowest BCUT2D eigenvalue weighted by Crippen LogP contribution is -2.34. The Kier molecular flexibility index (Phi) is 9.70. The van der Waals surface area contributed by atoms with Crippen molar-refractivity contribution in [3.63, 3.8) is 0 Å². The fraction of sp³-hybridized carbons (Fsp3) is 0.259. The number of nitrogens with one attached hydrogen (secondary N) is 2. The first-order chi connectivity index (χ1) is 17.4. The first kappa shape index (κ1) is 28.6. The van der Waals surface area contributed by atoms with Crippen molar-refractivity contribution in [2.75, 3.05) is 12.4 Å². The summed E-state index contributed by atoms with van der Waals surface area (Å²) in [5, 5.41) is 6.52. The molecular formula is C27H28BrCl2N3O4. The van der Waals surface area contributed by atoms with Crippen LogP contribution in [0.5, 0.6) is 11.5 Å². The second-order valence-electron chi connectivity index (χ2n) is 9.23. The van der Waals surface area contributed by atoms with Crippen molar-refractivity contribution in [1.29, 1.82) is 0 Å². The van der Waals surface area contributed by atoms with Crippen LogP contribution in [0.2, 0.25) is 10.0 Å². The molecule has 0 saturated heterocycles. The summed E-state index contributed by atoms with van der Waals surface area (Å²) < 4.78 is 12.2. The van der Waals surface area contributed by atoms with E-state index < -0.39 is 17.7 Å². The molecule has 3 aromatic rings. The highest BCUT2D eigenvalue weighted by Gasteiger charge is 2.20. The Morgan fingerprint density at radius 3 is 2.41 bits per heavy atom. The van der Waals surface area contributed by atoms with Crippen molar-refractivity contribution < 1.29 is 19.1 Å². The van der Waals surface area contributed by atoms with Crippen molar-refractivity contribution in [3.8, 4) is 11.5 Å². The van der Waals surface area contributed by atoms with Crippen LogP contribution >= 0.6 is 39.1 Å². The highest BCUT2D eigenvalue weighted by atomic mass is 79.9. The number of amides is 3. The Morgan fingerprint density at radius 1 is 0.973 bits per heavy atom. The lowest BCUT2D eigenvalue weighted by Gasteiger charge is -2.25. The molecule has 0 saturated carbocycles. The minimum absolute atomic E-state index is 0.204. The molecule has 0 spiro atoms. The molecule has 0 unspecified atom stereocenters. The Bertz CT molecular complexity index is 1280. The van der Waals surface area contributed by atoms with Gasteiger partial charge in [0.05, 0.1) is 16.6 Å². The van der Waals surface area contributed by atoms with Gasteiger partial charge in [-0.3, -0.25) is 0 Å². The van der Waals surface area contributed by atoms with E-state index >= 15 is 0 Å². The third kappa shape index (κ3) is 8.84. The minimum atomic E-state index is -0.599. The molecule has 0 atom stereocenters. The lowest BCUT2D eigenvalue weighted by atomic mass is 10.1. The number of rotatable bonds is 7. The topological polar surface area (TPSA) is 79.9 Å². The lowest BCUT2D eigenvalue weighted by molar-refractivity contribution is 0.0285. The van der Waals surface area contributed by atoms with E-state index in [-0.39, 0.29) is 13.1 Å². The maximum Gasteiger partial charge on any atom is 0.410 e. The molecule has 0 aliphatic heterocycles. The molecule has 0 aliphatic carbocycles. The summed E-state index contributed by atoms with van der Waals surface area (Å²) in [6.07, 6.45) is -0.448. The molecule has 0 radical (unpaired) electrons. The molecule has 10 heteroatoms. The second-order valence-corrected chi connectivity index (χ2v) is 11.0. The molecule has 7 nitrogen and oxygen atoms in total. The van der Waals surface area contributed by atoms with Crippen molar-refractivity contribution in [2.45, 2.75) is 39.5 Å². The second kappa shape index (κ2) is 12.5. The van der Waals surface area contributed by atoms with E-state index in [4.69, 9.17) is 32.7 Å². The van der Waals surface area contributed by atoms with Crippen LogP contribution in [0.3, 0.4) is 0 Å². The fourth-order valence-electron chi connectivity index (χ4n) is 3.22. The molecule has 0 heterocycles. The maximum atomic E-state index is 12.8. The number of halogens is 3. The average Bonchev–Trinajstić information content (AvgIpc) is 2.81. The largest absolute Gasteiger partial charge is 0.457 e. The Balaban J connectivity index is 1.66. The molecule has 2 N–H and O–H groups in total. The fourth-order valence-corrected chi connectivity index (χ4v) is 3.85. The van der Waals surface area contributed by atoms with Gasteiger partial charge < -0.3 is 25.0 Å². The zero-order chi connectivity index (χ0) is 27.2. The van der Waals surface area contributed by atoms with Gasteiger partial charge in [0.15, 0.2) is 0 Å². The van der Waals surface area contributed by atoms with Crippen molar-refractivity contribution in [1.82, 2.24) is 10.2 Å². The van der Waals surface area contributed by atoms with Crippen molar-refractivity contribution in [3.05, 3.63) is 86.3 Å². The van der Waals surface area contributed by atoms with Crippen LogP contribution in [0, 0.1) is 0 Å². The number of benzene rings is 3. The third-order valence-electron chi connectivity index (χ3n) is 4.97. The zero-order valence-corrected chi connectivity index (χ0v) is 24.0. The normalized spacial score (nSPS) is 11.0. The van der Waals surface area contributed by atoms with Crippen LogP contribution in [0.15, 0.2) is 65.1 Å². The number of carbonyl (C=O) groups is 2. The number of hydrogen-bond acceptors (Lipinski definition) is 4. The van der Waals surface area contributed by atoms with Gasteiger partial charge in [0.1, 0.15) is 17.1 Å². The van der Waals surface area contributed by atoms with Crippen LogP contribution in [0.25, 0.3) is 0 Å². The first-order valence-corrected chi connectivity index (χ1v) is 12.9. The summed E-state index contributed by atoms with van der Waals surface area (Å²) in [6, 6.07) is 17.4. The molecule has 0 aromatic heterocycles. The van der Waals surface area contributed by atoms with Crippen LogP contribution in [0.4, 0.5) is 15.3 Å². The average molecular weight is 609 g/mol. The van der Waals surface area contributed by atoms with E-state index in [1.165, 1.54) is 4.90 Å². The van der Waals surface area contributed by atoms with Gasteiger partial charge in [-0.1, -0.05) is 63.4 Å². The molecule has 3 aromatic carbocycles. The standard InChI is InChI=1S/C27H28BrCl2N3O4/c1-27(2,3)37-26(35)33(4)16-18-7-5-6-8-23(18)32-25(34)31-15-17-9-10-19(28)13-24(17)36-20-11-12-21(29)22(30)14-20/h5-14H,15-16H2,1-4H3,(H2,31,32,34). The van der Waals surface area contributed by atoms with Gasteiger partial charge >= 0.3 is 12.1 Å². The summed E-state index contributed by atoms with van der Waals surface area (Å²) in [7, 11) is 1.65. The van der Waals surface area contributed by atoms with Crippen LogP contribution < -0.4 is 15.4 Å². The van der Waals surface area contributed by atoms with Crippen molar-refractivity contribution in [2.24, 2.45) is 0 Å². The van der Waals surface area contributed by atoms with Gasteiger partial charge in [-0.15, -0.1) is 0 Å². The Labute approximate surface area is 235 Å². The predicted molar refractivity (Wildman–Crippen MR) is 151 cm³/mol.